The topological polar surface area (TPSA) is 105 Å². The molecule has 0 unspecified atom stereocenters. The third-order valence-corrected chi connectivity index (χ3v) is 7.25. The Balaban J connectivity index is 1.12. The van der Waals surface area contributed by atoms with Crippen LogP contribution >= 0.6 is 22.6 Å². The first-order valence-electron chi connectivity index (χ1n) is 11.3. The lowest BCUT2D eigenvalue weighted by molar-refractivity contribution is -0.117. The van der Waals surface area contributed by atoms with Crippen molar-refractivity contribution in [2.75, 3.05) is 18.5 Å². The largest absolute Gasteiger partial charge is 0.478 e. The SMILES string of the molecule is O=C(NC[C@@H]1C[C@@H]1C(=O)Nc1ccc(I)cc1C(=O)O)OCC1c2ccccc2-c2ccccc21. The number of halogens is 1. The van der Waals surface area contributed by atoms with Crippen LogP contribution in [0.4, 0.5) is 10.5 Å². The first-order chi connectivity index (χ1) is 16.9. The number of anilines is 1. The third-order valence-electron chi connectivity index (χ3n) is 6.58. The van der Waals surface area contributed by atoms with Crippen LogP contribution < -0.4 is 10.6 Å². The Morgan fingerprint density at radius 1 is 0.971 bits per heavy atom. The van der Waals surface area contributed by atoms with E-state index in [1.165, 1.54) is 17.2 Å². The van der Waals surface area contributed by atoms with Crippen LogP contribution in [0.1, 0.15) is 33.8 Å². The predicted octanol–water partition coefficient (Wildman–Crippen LogP) is 5.10. The molecule has 2 aliphatic carbocycles. The normalized spacial score (nSPS) is 17.7. The number of ether oxygens (including phenoxy) is 1. The van der Waals surface area contributed by atoms with E-state index >= 15 is 0 Å². The standard InChI is InChI=1S/C27H23IN2O5/c28-16-9-10-24(22(12-16)26(32)33)30-25(31)21-11-15(21)13-29-27(34)35-14-23-19-7-3-1-5-17(19)18-6-2-4-8-20(18)23/h1-10,12,15,21,23H,11,13-14H2,(H,29,34)(H,30,31)(H,32,33)/t15-,21-/m0/s1. The quantitative estimate of drug-likeness (QED) is 0.337. The molecule has 2 aliphatic rings. The van der Waals surface area contributed by atoms with Gasteiger partial charge in [0, 0.05) is 22.0 Å². The van der Waals surface area contributed by atoms with Crippen molar-refractivity contribution in [1.82, 2.24) is 5.32 Å². The molecule has 8 heteroatoms. The molecule has 2 atom stereocenters. The molecule has 0 aliphatic heterocycles. The maximum Gasteiger partial charge on any atom is 0.407 e. The van der Waals surface area contributed by atoms with E-state index in [9.17, 15) is 19.5 Å². The van der Waals surface area contributed by atoms with E-state index in [0.717, 1.165) is 14.7 Å². The van der Waals surface area contributed by atoms with Crippen LogP contribution in [0, 0.1) is 15.4 Å². The average Bonchev–Trinajstić information content (AvgIpc) is 3.57. The Morgan fingerprint density at radius 2 is 1.63 bits per heavy atom. The zero-order chi connectivity index (χ0) is 24.5. The molecule has 35 heavy (non-hydrogen) atoms. The number of amides is 2. The molecule has 0 aromatic heterocycles. The Morgan fingerprint density at radius 3 is 2.29 bits per heavy atom. The number of hydrogen-bond acceptors (Lipinski definition) is 4. The number of rotatable bonds is 7. The van der Waals surface area contributed by atoms with E-state index in [1.54, 1.807) is 12.1 Å². The van der Waals surface area contributed by atoms with Crippen LogP contribution in [-0.2, 0) is 9.53 Å². The lowest BCUT2D eigenvalue weighted by Crippen LogP contribution is -2.29. The number of carbonyl (C=O) groups excluding carboxylic acids is 2. The molecule has 3 aromatic rings. The molecule has 1 saturated carbocycles. The zero-order valence-electron chi connectivity index (χ0n) is 18.7. The van der Waals surface area contributed by atoms with Crippen LogP contribution in [-0.4, -0.2) is 36.2 Å². The number of carboxylic acids is 1. The molecule has 1 fully saturated rings. The van der Waals surface area contributed by atoms with E-state index in [2.05, 4.69) is 34.9 Å². The van der Waals surface area contributed by atoms with Crippen molar-refractivity contribution in [2.24, 2.45) is 11.8 Å². The van der Waals surface area contributed by atoms with Crippen LogP contribution in [0.15, 0.2) is 66.7 Å². The van der Waals surface area contributed by atoms with E-state index in [0.29, 0.717) is 13.0 Å². The summed E-state index contributed by atoms with van der Waals surface area (Å²) in [6.45, 7) is 0.562. The maximum absolute atomic E-state index is 12.6. The summed E-state index contributed by atoms with van der Waals surface area (Å²) in [6, 6.07) is 21.2. The van der Waals surface area contributed by atoms with Crippen molar-refractivity contribution < 1.29 is 24.2 Å². The van der Waals surface area contributed by atoms with Crippen molar-refractivity contribution >= 4 is 46.2 Å². The average molecular weight is 582 g/mol. The first-order valence-corrected chi connectivity index (χ1v) is 12.4. The third kappa shape index (κ3) is 4.88. The monoisotopic (exact) mass is 582 g/mol. The van der Waals surface area contributed by atoms with Crippen molar-refractivity contribution in [2.45, 2.75) is 12.3 Å². The second-order valence-corrected chi connectivity index (χ2v) is 10.0. The molecular formula is C27H23IN2O5. The van der Waals surface area contributed by atoms with Crippen LogP contribution in [0.2, 0.25) is 0 Å². The summed E-state index contributed by atoms with van der Waals surface area (Å²) < 4.78 is 6.32. The molecule has 0 bridgehead atoms. The summed E-state index contributed by atoms with van der Waals surface area (Å²) in [5, 5.41) is 14.9. The zero-order valence-corrected chi connectivity index (χ0v) is 20.8. The Kier molecular flexibility index (Phi) is 6.46. The Hall–Kier alpha value is -3.40. The fourth-order valence-electron chi connectivity index (χ4n) is 4.69. The molecule has 178 valence electrons. The summed E-state index contributed by atoms with van der Waals surface area (Å²) >= 11 is 2.03. The predicted molar refractivity (Wildman–Crippen MR) is 139 cm³/mol. The van der Waals surface area contributed by atoms with Crippen LogP contribution in [0.3, 0.4) is 0 Å². The second kappa shape index (κ2) is 9.69. The number of benzene rings is 3. The summed E-state index contributed by atoms with van der Waals surface area (Å²) in [5.41, 5.74) is 4.97. The highest BCUT2D eigenvalue weighted by molar-refractivity contribution is 14.1. The smallest absolute Gasteiger partial charge is 0.407 e. The molecule has 3 aromatic carbocycles. The van der Waals surface area contributed by atoms with Crippen molar-refractivity contribution in [3.05, 3.63) is 87.0 Å². The van der Waals surface area contributed by atoms with Gasteiger partial charge in [0.1, 0.15) is 6.61 Å². The Labute approximate surface area is 216 Å². The molecule has 3 N–H and O–H groups in total. The van der Waals surface area contributed by atoms with Gasteiger partial charge in [-0.1, -0.05) is 48.5 Å². The number of aromatic carboxylic acids is 1. The maximum atomic E-state index is 12.6. The number of nitrogens with one attached hydrogen (secondary N) is 2. The van der Waals surface area contributed by atoms with E-state index in [-0.39, 0.29) is 41.5 Å². The number of alkyl carbamates (subject to hydrolysis) is 1. The van der Waals surface area contributed by atoms with Gasteiger partial charge in [0.2, 0.25) is 5.91 Å². The lowest BCUT2D eigenvalue weighted by Gasteiger charge is -2.14. The Bertz CT molecular complexity index is 1280. The fraction of sp³-hybridized carbons (Fsp3) is 0.222. The highest BCUT2D eigenvalue weighted by atomic mass is 127. The summed E-state index contributed by atoms with van der Waals surface area (Å²) in [4.78, 5) is 36.4. The van der Waals surface area contributed by atoms with Gasteiger partial charge in [-0.25, -0.2) is 9.59 Å². The molecule has 0 saturated heterocycles. The van der Waals surface area contributed by atoms with Gasteiger partial charge in [0.15, 0.2) is 0 Å². The fourth-order valence-corrected chi connectivity index (χ4v) is 5.18. The van der Waals surface area contributed by atoms with Gasteiger partial charge in [0.25, 0.3) is 0 Å². The van der Waals surface area contributed by atoms with E-state index in [4.69, 9.17) is 4.74 Å². The highest BCUT2D eigenvalue weighted by Gasteiger charge is 2.43. The number of fused-ring (bicyclic) bond motifs is 3. The molecule has 0 radical (unpaired) electrons. The first kappa shape index (κ1) is 23.3. The van der Waals surface area contributed by atoms with E-state index < -0.39 is 12.1 Å². The molecule has 5 rings (SSSR count). The molecule has 7 nitrogen and oxygen atoms in total. The molecule has 0 spiro atoms. The van der Waals surface area contributed by atoms with E-state index in [1.807, 2.05) is 46.9 Å². The van der Waals surface area contributed by atoms with Crippen molar-refractivity contribution in [1.29, 1.82) is 0 Å². The molecule has 0 heterocycles. The minimum Gasteiger partial charge on any atom is -0.478 e. The number of carboxylic acid groups (broad SMARTS) is 1. The van der Waals surface area contributed by atoms with Gasteiger partial charge >= 0.3 is 12.1 Å². The highest BCUT2D eigenvalue weighted by Crippen LogP contribution is 2.44. The summed E-state index contributed by atoms with van der Waals surface area (Å²) in [7, 11) is 0. The van der Waals surface area contributed by atoms with Gasteiger partial charge in [0.05, 0.1) is 11.3 Å². The van der Waals surface area contributed by atoms with Crippen LogP contribution in [0.5, 0.6) is 0 Å². The number of carbonyl (C=O) groups is 3. The second-order valence-electron chi connectivity index (χ2n) is 8.79. The van der Waals surface area contributed by atoms with Gasteiger partial charge < -0.3 is 20.5 Å². The number of hydrogen-bond donors (Lipinski definition) is 3. The van der Waals surface area contributed by atoms with Gasteiger partial charge in [-0.05, 0) is 75.4 Å². The van der Waals surface area contributed by atoms with Gasteiger partial charge in [-0.2, -0.15) is 0 Å². The van der Waals surface area contributed by atoms with Crippen molar-refractivity contribution in [3.63, 3.8) is 0 Å². The summed E-state index contributed by atoms with van der Waals surface area (Å²) in [5.74, 6) is -1.63. The van der Waals surface area contributed by atoms with Crippen LogP contribution in [0.25, 0.3) is 11.1 Å². The minimum atomic E-state index is -1.09. The minimum absolute atomic E-state index is 0.00684. The molecular weight excluding hydrogens is 559 g/mol. The lowest BCUT2D eigenvalue weighted by atomic mass is 9.98. The molecule has 2 amide bonds. The summed E-state index contributed by atoms with van der Waals surface area (Å²) in [6.07, 6.45) is 0.117. The van der Waals surface area contributed by atoms with Crippen molar-refractivity contribution in [3.8, 4) is 11.1 Å². The van der Waals surface area contributed by atoms with Gasteiger partial charge in [-0.3, -0.25) is 4.79 Å². The van der Waals surface area contributed by atoms with Gasteiger partial charge in [-0.15, -0.1) is 0 Å².